The number of aromatic nitrogens is 2. The number of aliphatic hydroxyl groups is 1. The maximum Gasteiger partial charge on any atom is 0.252 e. The molecular weight excluding hydrogens is 304 g/mol. The lowest BCUT2D eigenvalue weighted by Gasteiger charge is -2.39. The molecule has 1 aromatic rings. The van der Waals surface area contributed by atoms with E-state index in [1.807, 2.05) is 6.92 Å². The van der Waals surface area contributed by atoms with Gasteiger partial charge in [-0.05, 0) is 64.7 Å². The summed E-state index contributed by atoms with van der Waals surface area (Å²) >= 11 is 0. The van der Waals surface area contributed by atoms with Crippen LogP contribution in [-0.4, -0.2) is 32.1 Å². The molecule has 6 heteroatoms. The molecule has 0 saturated heterocycles. The molecule has 132 valence electrons. The van der Waals surface area contributed by atoms with Crippen LogP contribution in [0.5, 0.6) is 0 Å². The number of rotatable bonds is 5. The molecule has 1 aromatic heterocycles. The minimum atomic E-state index is -0.622. The van der Waals surface area contributed by atoms with Crippen LogP contribution >= 0.6 is 0 Å². The van der Waals surface area contributed by atoms with Gasteiger partial charge in [-0.3, -0.25) is 4.79 Å². The van der Waals surface area contributed by atoms with E-state index in [1.165, 1.54) is 12.6 Å². The number of hydrogen-bond donors (Lipinski definition) is 3. The summed E-state index contributed by atoms with van der Waals surface area (Å²) in [4.78, 5) is 20.6. The Bertz CT molecular complexity index is 625. The summed E-state index contributed by atoms with van der Waals surface area (Å²) < 4.78 is 0. The van der Waals surface area contributed by atoms with Gasteiger partial charge in [0.05, 0.1) is 16.9 Å². The quantitative estimate of drug-likeness (QED) is 0.768. The van der Waals surface area contributed by atoms with Gasteiger partial charge in [-0.25, -0.2) is 9.97 Å². The zero-order valence-corrected chi connectivity index (χ0v) is 14.6. The predicted molar refractivity (Wildman–Crippen MR) is 92.7 cm³/mol. The lowest BCUT2D eigenvalue weighted by atomic mass is 9.77. The molecule has 0 radical (unpaired) electrons. The van der Waals surface area contributed by atoms with Crippen molar-refractivity contribution >= 4 is 11.9 Å². The molecule has 2 saturated carbocycles. The first-order valence-corrected chi connectivity index (χ1v) is 8.93. The Morgan fingerprint density at radius 3 is 2.71 bits per heavy atom. The molecule has 0 aliphatic heterocycles. The van der Waals surface area contributed by atoms with E-state index < -0.39 is 11.5 Å². The van der Waals surface area contributed by atoms with Crippen LogP contribution in [-0.2, 0) is 6.42 Å². The fourth-order valence-corrected chi connectivity index (χ4v) is 3.99. The Morgan fingerprint density at radius 2 is 2.12 bits per heavy atom. The van der Waals surface area contributed by atoms with Crippen molar-refractivity contribution in [1.82, 2.24) is 9.97 Å². The highest BCUT2D eigenvalue weighted by Crippen LogP contribution is 2.35. The first-order chi connectivity index (χ1) is 11.3. The van der Waals surface area contributed by atoms with Gasteiger partial charge >= 0.3 is 0 Å². The lowest BCUT2D eigenvalue weighted by molar-refractivity contribution is 0.00107. The minimum Gasteiger partial charge on any atom is -0.390 e. The van der Waals surface area contributed by atoms with Crippen LogP contribution in [0.1, 0.15) is 74.8 Å². The molecule has 6 nitrogen and oxygen atoms in total. The Hall–Kier alpha value is -1.69. The van der Waals surface area contributed by atoms with Crippen LogP contribution in [0.15, 0.2) is 6.20 Å². The normalized spacial score (nSPS) is 28.9. The van der Waals surface area contributed by atoms with Gasteiger partial charge in [-0.15, -0.1) is 0 Å². The molecule has 1 amide bonds. The topological polar surface area (TPSA) is 101 Å². The molecule has 2 aliphatic carbocycles. The highest BCUT2D eigenvalue weighted by Gasteiger charge is 2.33. The van der Waals surface area contributed by atoms with Gasteiger partial charge in [0.25, 0.3) is 5.91 Å². The fourth-order valence-electron chi connectivity index (χ4n) is 3.99. The van der Waals surface area contributed by atoms with Crippen LogP contribution in [0.2, 0.25) is 0 Å². The van der Waals surface area contributed by atoms with Gasteiger partial charge in [0.2, 0.25) is 5.95 Å². The van der Waals surface area contributed by atoms with Crippen molar-refractivity contribution < 1.29 is 9.90 Å². The summed E-state index contributed by atoms with van der Waals surface area (Å²) in [5.41, 5.74) is 6.03. The summed E-state index contributed by atoms with van der Waals surface area (Å²) in [5.74, 6) is 0.391. The molecule has 0 aromatic carbocycles. The van der Waals surface area contributed by atoms with Crippen LogP contribution in [0.25, 0.3) is 0 Å². The second-order valence-corrected chi connectivity index (χ2v) is 8.12. The average molecular weight is 332 g/mol. The molecule has 1 unspecified atom stereocenters. The number of nitrogens with one attached hydrogen (secondary N) is 1. The van der Waals surface area contributed by atoms with E-state index in [2.05, 4.69) is 22.2 Å². The molecule has 2 fully saturated rings. The summed E-state index contributed by atoms with van der Waals surface area (Å²) in [7, 11) is 0. The number of hydrogen-bond acceptors (Lipinski definition) is 5. The number of carbonyl (C=O) groups is 1. The number of primary amides is 1. The third kappa shape index (κ3) is 3.86. The second-order valence-electron chi connectivity index (χ2n) is 8.12. The number of carbonyl (C=O) groups excluding carboxylic acids is 1. The van der Waals surface area contributed by atoms with E-state index in [1.54, 1.807) is 0 Å². The zero-order valence-electron chi connectivity index (χ0n) is 14.6. The van der Waals surface area contributed by atoms with Crippen molar-refractivity contribution in [2.45, 2.75) is 76.4 Å². The molecule has 2 atom stereocenters. The monoisotopic (exact) mass is 332 g/mol. The maximum absolute atomic E-state index is 11.7. The van der Waals surface area contributed by atoms with Crippen molar-refractivity contribution in [3.05, 3.63) is 17.5 Å². The van der Waals surface area contributed by atoms with Crippen LogP contribution < -0.4 is 11.1 Å². The lowest BCUT2D eigenvalue weighted by Crippen LogP contribution is -2.42. The highest BCUT2D eigenvalue weighted by atomic mass is 16.3. The first kappa shape index (κ1) is 17.1. The maximum atomic E-state index is 11.7. The van der Waals surface area contributed by atoms with Crippen LogP contribution in [0, 0.1) is 5.92 Å². The third-order valence-electron chi connectivity index (χ3n) is 5.54. The minimum absolute atomic E-state index is 0.0556. The second kappa shape index (κ2) is 6.31. The molecular formula is C18H28N4O2. The summed E-state index contributed by atoms with van der Waals surface area (Å²) in [5, 5.41) is 13.7. The molecule has 3 rings (SSSR count). The van der Waals surface area contributed by atoms with Gasteiger partial charge in [-0.2, -0.15) is 0 Å². The van der Waals surface area contributed by atoms with Crippen molar-refractivity contribution in [2.75, 3.05) is 5.32 Å². The Labute approximate surface area is 143 Å². The fraction of sp³-hybridized carbons (Fsp3) is 0.722. The van der Waals surface area contributed by atoms with Crippen molar-refractivity contribution in [2.24, 2.45) is 11.7 Å². The number of nitrogens with two attached hydrogens (primary N) is 1. The van der Waals surface area contributed by atoms with E-state index in [0.29, 0.717) is 29.5 Å². The van der Waals surface area contributed by atoms with Crippen LogP contribution in [0.4, 0.5) is 5.95 Å². The van der Waals surface area contributed by atoms with Gasteiger partial charge in [0.15, 0.2) is 0 Å². The van der Waals surface area contributed by atoms with Gasteiger partial charge in [-0.1, -0.05) is 6.42 Å². The van der Waals surface area contributed by atoms with Gasteiger partial charge in [0, 0.05) is 11.7 Å². The SMILES string of the molecule is CC1(O)CCC[C@@H](Cc2nc(NC3(C)CCC3)ncc2C(N)=O)C1. The Balaban J connectivity index is 1.79. The molecule has 0 spiro atoms. The largest absolute Gasteiger partial charge is 0.390 e. The smallest absolute Gasteiger partial charge is 0.252 e. The number of anilines is 1. The number of amides is 1. The Kier molecular flexibility index (Phi) is 4.51. The number of nitrogens with zero attached hydrogens (tertiary/aromatic N) is 2. The highest BCUT2D eigenvalue weighted by molar-refractivity contribution is 5.93. The van der Waals surface area contributed by atoms with E-state index >= 15 is 0 Å². The van der Waals surface area contributed by atoms with E-state index in [9.17, 15) is 9.90 Å². The van der Waals surface area contributed by atoms with Gasteiger partial charge in [0.1, 0.15) is 0 Å². The molecule has 4 N–H and O–H groups in total. The molecule has 24 heavy (non-hydrogen) atoms. The van der Waals surface area contributed by atoms with Gasteiger partial charge < -0.3 is 16.2 Å². The molecule has 0 bridgehead atoms. The first-order valence-electron chi connectivity index (χ1n) is 8.93. The standard InChI is InChI=1S/C18H28N4O2/c1-17(6-4-7-17)22-16-20-11-13(15(19)23)14(21-16)9-12-5-3-8-18(2,24)10-12/h11-12,24H,3-10H2,1-2H3,(H2,19,23)(H,20,21,22)/t12-,18?/m0/s1. The molecule has 2 aliphatic rings. The molecule has 1 heterocycles. The summed E-state index contributed by atoms with van der Waals surface area (Å²) in [6.45, 7) is 4.05. The zero-order chi connectivity index (χ0) is 17.4. The van der Waals surface area contributed by atoms with E-state index in [0.717, 1.165) is 38.5 Å². The van der Waals surface area contributed by atoms with Crippen molar-refractivity contribution in [1.29, 1.82) is 0 Å². The third-order valence-corrected chi connectivity index (χ3v) is 5.54. The van der Waals surface area contributed by atoms with Crippen molar-refractivity contribution in [3.63, 3.8) is 0 Å². The van der Waals surface area contributed by atoms with E-state index in [4.69, 9.17) is 5.73 Å². The predicted octanol–water partition coefficient (Wildman–Crippen LogP) is 2.41. The Morgan fingerprint density at radius 1 is 1.38 bits per heavy atom. The van der Waals surface area contributed by atoms with Crippen LogP contribution in [0.3, 0.4) is 0 Å². The average Bonchev–Trinajstić information content (AvgIpc) is 2.44. The van der Waals surface area contributed by atoms with Crippen molar-refractivity contribution in [3.8, 4) is 0 Å². The summed E-state index contributed by atoms with van der Waals surface area (Å²) in [6, 6.07) is 0. The van der Waals surface area contributed by atoms with E-state index in [-0.39, 0.29) is 5.54 Å². The summed E-state index contributed by atoms with van der Waals surface area (Å²) in [6.07, 6.45) is 9.22.